The van der Waals surface area contributed by atoms with Gasteiger partial charge in [-0.3, -0.25) is 4.79 Å². The maximum Gasteiger partial charge on any atom is 0.307 e. The van der Waals surface area contributed by atoms with Crippen molar-refractivity contribution in [1.82, 2.24) is 0 Å². The third-order valence-electron chi connectivity index (χ3n) is 2.08. The largest absolute Gasteiger partial charge is 0.497 e. The van der Waals surface area contributed by atoms with Crippen LogP contribution in [0.2, 0.25) is 0 Å². The van der Waals surface area contributed by atoms with Crippen LogP contribution in [0.1, 0.15) is 17.5 Å². The summed E-state index contributed by atoms with van der Waals surface area (Å²) in [6.45, 7) is 1.97. The Morgan fingerprint density at radius 3 is 2.87 bits per heavy atom. The Kier molecular flexibility index (Phi) is 3.92. The second-order valence-electron chi connectivity index (χ2n) is 3.22. The molecule has 0 heterocycles. The summed E-state index contributed by atoms with van der Waals surface area (Å²) in [6, 6.07) is 5.71. The lowest BCUT2D eigenvalue weighted by Crippen LogP contribution is -1.90. The molecule has 0 aliphatic heterocycles. The summed E-state index contributed by atoms with van der Waals surface area (Å²) >= 11 is 0. The van der Waals surface area contributed by atoms with Crippen molar-refractivity contribution < 1.29 is 14.6 Å². The van der Waals surface area contributed by atoms with Crippen LogP contribution >= 0.6 is 0 Å². The van der Waals surface area contributed by atoms with E-state index in [1.165, 1.54) is 0 Å². The number of rotatable bonds is 4. The molecule has 15 heavy (non-hydrogen) atoms. The van der Waals surface area contributed by atoms with Gasteiger partial charge in [-0.25, -0.2) is 0 Å². The lowest BCUT2D eigenvalue weighted by atomic mass is 10.1. The predicted molar refractivity (Wildman–Crippen MR) is 59.0 cm³/mol. The molecule has 0 atom stereocenters. The first-order chi connectivity index (χ1) is 7.13. The Labute approximate surface area is 89.0 Å². The average Bonchev–Trinajstić information content (AvgIpc) is 2.20. The first kappa shape index (κ1) is 11.3. The van der Waals surface area contributed by atoms with Gasteiger partial charge >= 0.3 is 5.97 Å². The third kappa shape index (κ3) is 3.46. The smallest absolute Gasteiger partial charge is 0.307 e. The fraction of sp³-hybridized carbons (Fsp3) is 0.250. The standard InChI is InChI=1S/C12H14O3/c1-9-6-7-11(15-2)8-10(9)4-3-5-12(13)14/h3-4,6-8H,5H2,1-2H3,(H,13,14). The summed E-state index contributed by atoms with van der Waals surface area (Å²) in [6.07, 6.45) is 3.47. The lowest BCUT2D eigenvalue weighted by Gasteiger charge is -2.03. The molecule has 3 nitrogen and oxygen atoms in total. The fourth-order valence-electron chi connectivity index (χ4n) is 1.21. The summed E-state index contributed by atoms with van der Waals surface area (Å²) in [5, 5.41) is 8.49. The van der Waals surface area contributed by atoms with E-state index in [2.05, 4.69) is 0 Å². The molecule has 0 saturated heterocycles. The highest BCUT2D eigenvalue weighted by Gasteiger charge is 1.97. The van der Waals surface area contributed by atoms with Crippen LogP contribution in [-0.2, 0) is 4.79 Å². The normalized spacial score (nSPS) is 10.5. The predicted octanol–water partition coefficient (Wildman–Crippen LogP) is 2.49. The summed E-state index contributed by atoms with van der Waals surface area (Å²) in [5.41, 5.74) is 2.08. The molecule has 0 saturated carbocycles. The van der Waals surface area contributed by atoms with Crippen molar-refractivity contribution in [3.05, 3.63) is 35.4 Å². The molecule has 80 valence electrons. The van der Waals surface area contributed by atoms with E-state index in [9.17, 15) is 4.79 Å². The van der Waals surface area contributed by atoms with Crippen molar-refractivity contribution in [2.24, 2.45) is 0 Å². The molecule has 1 rings (SSSR count). The van der Waals surface area contributed by atoms with Gasteiger partial charge in [0.2, 0.25) is 0 Å². The van der Waals surface area contributed by atoms with E-state index in [1.54, 1.807) is 19.3 Å². The molecule has 1 aromatic carbocycles. The molecule has 1 aromatic rings. The van der Waals surface area contributed by atoms with Crippen molar-refractivity contribution in [3.8, 4) is 5.75 Å². The van der Waals surface area contributed by atoms with Crippen LogP contribution in [0, 0.1) is 6.92 Å². The number of ether oxygens (including phenoxy) is 1. The van der Waals surface area contributed by atoms with Crippen LogP contribution in [0.5, 0.6) is 5.75 Å². The molecule has 0 aliphatic carbocycles. The van der Waals surface area contributed by atoms with Crippen LogP contribution < -0.4 is 4.74 Å². The second kappa shape index (κ2) is 5.20. The molecule has 0 amide bonds. The highest BCUT2D eigenvalue weighted by molar-refractivity contribution is 5.70. The monoisotopic (exact) mass is 206 g/mol. The number of aliphatic carboxylic acids is 1. The number of aryl methyl sites for hydroxylation is 1. The van der Waals surface area contributed by atoms with Crippen LogP contribution in [0.15, 0.2) is 24.3 Å². The van der Waals surface area contributed by atoms with Crippen LogP contribution in [0.3, 0.4) is 0 Å². The van der Waals surface area contributed by atoms with E-state index in [4.69, 9.17) is 9.84 Å². The average molecular weight is 206 g/mol. The van der Waals surface area contributed by atoms with Crippen molar-refractivity contribution in [2.75, 3.05) is 7.11 Å². The number of hydrogen-bond donors (Lipinski definition) is 1. The summed E-state index contributed by atoms with van der Waals surface area (Å²) in [4.78, 5) is 10.3. The Morgan fingerprint density at radius 2 is 2.27 bits per heavy atom. The zero-order valence-corrected chi connectivity index (χ0v) is 8.86. The molecule has 3 heteroatoms. The number of carboxylic acids is 1. The molecular formula is C12H14O3. The van der Waals surface area contributed by atoms with Gasteiger partial charge < -0.3 is 9.84 Å². The van der Waals surface area contributed by atoms with Gasteiger partial charge in [-0.1, -0.05) is 18.2 Å². The molecule has 0 bridgehead atoms. The van der Waals surface area contributed by atoms with Gasteiger partial charge in [0, 0.05) is 0 Å². The molecule has 0 fully saturated rings. The molecule has 1 N–H and O–H groups in total. The van der Waals surface area contributed by atoms with Crippen molar-refractivity contribution >= 4 is 12.0 Å². The number of hydrogen-bond acceptors (Lipinski definition) is 2. The molecule has 0 radical (unpaired) electrons. The molecular weight excluding hydrogens is 192 g/mol. The first-order valence-corrected chi connectivity index (χ1v) is 4.66. The van der Waals surface area contributed by atoms with E-state index in [1.807, 2.05) is 25.1 Å². The van der Waals surface area contributed by atoms with Crippen LogP contribution in [0.25, 0.3) is 6.08 Å². The number of carboxylic acid groups (broad SMARTS) is 1. The van der Waals surface area contributed by atoms with E-state index < -0.39 is 5.97 Å². The molecule has 0 aliphatic rings. The molecule has 0 aromatic heterocycles. The highest BCUT2D eigenvalue weighted by atomic mass is 16.5. The number of carbonyl (C=O) groups is 1. The third-order valence-corrected chi connectivity index (χ3v) is 2.08. The van der Waals surface area contributed by atoms with Gasteiger partial charge in [0.25, 0.3) is 0 Å². The Balaban J connectivity index is 2.83. The first-order valence-electron chi connectivity index (χ1n) is 4.66. The van der Waals surface area contributed by atoms with E-state index in [-0.39, 0.29) is 6.42 Å². The van der Waals surface area contributed by atoms with Gasteiger partial charge in [-0.15, -0.1) is 0 Å². The van der Waals surface area contributed by atoms with Crippen molar-refractivity contribution in [1.29, 1.82) is 0 Å². The minimum atomic E-state index is -0.827. The fourth-order valence-corrected chi connectivity index (χ4v) is 1.21. The van der Waals surface area contributed by atoms with E-state index in [0.29, 0.717) is 0 Å². The summed E-state index contributed by atoms with van der Waals surface area (Å²) in [5.74, 6) is -0.0534. The Morgan fingerprint density at radius 1 is 1.53 bits per heavy atom. The van der Waals surface area contributed by atoms with Gasteiger partial charge in [0.05, 0.1) is 13.5 Å². The summed E-state index contributed by atoms with van der Waals surface area (Å²) < 4.78 is 5.09. The maximum atomic E-state index is 10.3. The SMILES string of the molecule is COc1ccc(C)c(C=CCC(=O)O)c1. The Bertz CT molecular complexity index is 380. The highest BCUT2D eigenvalue weighted by Crippen LogP contribution is 2.18. The quantitative estimate of drug-likeness (QED) is 0.823. The number of benzene rings is 1. The maximum absolute atomic E-state index is 10.3. The second-order valence-corrected chi connectivity index (χ2v) is 3.22. The zero-order chi connectivity index (χ0) is 11.3. The van der Waals surface area contributed by atoms with Gasteiger partial charge in [0.15, 0.2) is 0 Å². The van der Waals surface area contributed by atoms with Crippen molar-refractivity contribution in [3.63, 3.8) is 0 Å². The lowest BCUT2D eigenvalue weighted by molar-refractivity contribution is -0.135. The van der Waals surface area contributed by atoms with Gasteiger partial charge in [-0.2, -0.15) is 0 Å². The van der Waals surface area contributed by atoms with E-state index in [0.717, 1.165) is 16.9 Å². The van der Waals surface area contributed by atoms with Crippen LogP contribution in [-0.4, -0.2) is 18.2 Å². The van der Waals surface area contributed by atoms with Gasteiger partial charge in [-0.05, 0) is 30.2 Å². The minimum Gasteiger partial charge on any atom is -0.497 e. The Hall–Kier alpha value is -1.77. The molecule has 0 spiro atoms. The number of methoxy groups -OCH3 is 1. The van der Waals surface area contributed by atoms with Gasteiger partial charge in [0.1, 0.15) is 5.75 Å². The van der Waals surface area contributed by atoms with E-state index >= 15 is 0 Å². The minimum absolute atomic E-state index is 0.0383. The van der Waals surface area contributed by atoms with Crippen molar-refractivity contribution in [2.45, 2.75) is 13.3 Å². The zero-order valence-electron chi connectivity index (χ0n) is 8.86. The molecule has 0 unspecified atom stereocenters. The summed E-state index contributed by atoms with van der Waals surface area (Å²) in [7, 11) is 1.61. The topological polar surface area (TPSA) is 46.5 Å². The van der Waals surface area contributed by atoms with Crippen LogP contribution in [0.4, 0.5) is 0 Å².